The number of nitrogens with zero attached hydrogens (tertiary/aromatic N) is 2. The number of alkyl carbamates (subject to hydrolysis) is 1. The summed E-state index contributed by atoms with van der Waals surface area (Å²) in [5.74, 6) is 0.686. The first-order chi connectivity index (χ1) is 12.9. The monoisotopic (exact) mass is 373 g/mol. The van der Waals surface area contributed by atoms with Crippen LogP contribution in [0.5, 0.6) is 0 Å². The normalized spacial score (nSPS) is 24.7. The molecule has 1 amide bonds. The molecule has 1 aliphatic heterocycles. The van der Waals surface area contributed by atoms with Gasteiger partial charge in [-0.2, -0.15) is 0 Å². The van der Waals surface area contributed by atoms with E-state index >= 15 is 0 Å². The highest BCUT2D eigenvalue weighted by Gasteiger charge is 2.29. The maximum absolute atomic E-state index is 11.9. The van der Waals surface area contributed by atoms with Crippen molar-refractivity contribution in [3.05, 3.63) is 35.9 Å². The molecule has 1 aromatic rings. The van der Waals surface area contributed by atoms with Gasteiger partial charge < -0.3 is 15.0 Å². The van der Waals surface area contributed by atoms with Crippen LogP contribution in [-0.4, -0.2) is 60.3 Å². The molecule has 27 heavy (non-hydrogen) atoms. The van der Waals surface area contributed by atoms with Crippen LogP contribution in [0.25, 0.3) is 0 Å². The Bertz CT molecular complexity index is 591. The molecule has 0 aromatic heterocycles. The Morgan fingerprint density at radius 1 is 1.07 bits per heavy atom. The fourth-order valence-corrected chi connectivity index (χ4v) is 4.18. The lowest BCUT2D eigenvalue weighted by Gasteiger charge is -2.36. The van der Waals surface area contributed by atoms with Gasteiger partial charge in [-0.3, -0.25) is 4.90 Å². The third kappa shape index (κ3) is 6.82. The summed E-state index contributed by atoms with van der Waals surface area (Å²) in [6.45, 7) is 12.5. The first-order valence-electron chi connectivity index (χ1n) is 10.4. The van der Waals surface area contributed by atoms with Gasteiger partial charge in [0.15, 0.2) is 0 Å². The van der Waals surface area contributed by atoms with E-state index in [1.54, 1.807) is 0 Å². The summed E-state index contributed by atoms with van der Waals surface area (Å²) in [6.07, 6.45) is 3.06. The van der Waals surface area contributed by atoms with Crippen LogP contribution in [0.15, 0.2) is 30.3 Å². The minimum atomic E-state index is -0.429. The molecule has 2 unspecified atom stereocenters. The molecule has 2 fully saturated rings. The average Bonchev–Trinajstić information content (AvgIpc) is 3.02. The van der Waals surface area contributed by atoms with E-state index in [2.05, 4.69) is 45.4 Å². The Kier molecular flexibility index (Phi) is 6.77. The number of piperazine rings is 1. The van der Waals surface area contributed by atoms with E-state index < -0.39 is 5.60 Å². The second-order valence-corrected chi connectivity index (χ2v) is 9.08. The largest absolute Gasteiger partial charge is 0.444 e. The molecule has 1 aliphatic carbocycles. The molecular formula is C22H35N3O2. The van der Waals surface area contributed by atoms with Gasteiger partial charge in [-0.25, -0.2) is 4.79 Å². The summed E-state index contributed by atoms with van der Waals surface area (Å²) in [7, 11) is 0. The van der Waals surface area contributed by atoms with Gasteiger partial charge in [0.05, 0.1) is 0 Å². The highest BCUT2D eigenvalue weighted by atomic mass is 16.6. The Balaban J connectivity index is 1.34. The predicted molar refractivity (Wildman–Crippen MR) is 109 cm³/mol. The van der Waals surface area contributed by atoms with Crippen molar-refractivity contribution in [2.24, 2.45) is 5.92 Å². The van der Waals surface area contributed by atoms with Gasteiger partial charge in [-0.15, -0.1) is 0 Å². The maximum atomic E-state index is 11.9. The number of nitrogens with one attached hydrogen (secondary N) is 1. The Hall–Kier alpha value is -1.59. The molecule has 5 nitrogen and oxygen atoms in total. The molecular weight excluding hydrogens is 338 g/mol. The molecule has 1 heterocycles. The van der Waals surface area contributed by atoms with E-state index in [-0.39, 0.29) is 12.1 Å². The molecule has 0 spiro atoms. The topological polar surface area (TPSA) is 44.8 Å². The standard InChI is InChI=1S/C22H35N3O2/c1-22(2,3)27-21(26)23-20-10-9-19(15-20)17-25-13-11-24(12-14-25)16-18-7-5-4-6-8-18/h4-8,19-20H,9-17H2,1-3H3,(H,23,26). The SMILES string of the molecule is CC(C)(C)OC(=O)NC1CCC(CN2CCN(Cc3ccccc3)CC2)C1. The maximum Gasteiger partial charge on any atom is 0.407 e. The fourth-order valence-electron chi connectivity index (χ4n) is 4.18. The lowest BCUT2D eigenvalue weighted by Crippen LogP contribution is -2.47. The smallest absolute Gasteiger partial charge is 0.407 e. The van der Waals surface area contributed by atoms with Crippen LogP contribution >= 0.6 is 0 Å². The van der Waals surface area contributed by atoms with Crippen LogP contribution in [0.1, 0.15) is 45.6 Å². The lowest BCUT2D eigenvalue weighted by atomic mass is 10.1. The molecule has 3 rings (SSSR count). The zero-order valence-electron chi connectivity index (χ0n) is 17.1. The van der Waals surface area contributed by atoms with Gasteiger partial charge in [0.2, 0.25) is 0 Å². The zero-order chi connectivity index (χ0) is 19.3. The number of carbonyl (C=O) groups is 1. The number of ether oxygens (including phenoxy) is 1. The zero-order valence-corrected chi connectivity index (χ0v) is 17.1. The number of benzene rings is 1. The van der Waals surface area contributed by atoms with Gasteiger partial charge in [0, 0.05) is 45.3 Å². The molecule has 2 atom stereocenters. The van der Waals surface area contributed by atoms with Crippen molar-refractivity contribution in [3.8, 4) is 0 Å². The predicted octanol–water partition coefficient (Wildman–Crippen LogP) is 3.50. The summed E-state index contributed by atoms with van der Waals surface area (Å²) >= 11 is 0. The molecule has 150 valence electrons. The summed E-state index contributed by atoms with van der Waals surface area (Å²) in [4.78, 5) is 17.1. The Morgan fingerprint density at radius 2 is 1.74 bits per heavy atom. The minimum absolute atomic E-state index is 0.268. The summed E-state index contributed by atoms with van der Waals surface area (Å²) in [5, 5.41) is 3.05. The van der Waals surface area contributed by atoms with E-state index in [0.29, 0.717) is 5.92 Å². The highest BCUT2D eigenvalue weighted by Crippen LogP contribution is 2.27. The minimum Gasteiger partial charge on any atom is -0.444 e. The third-order valence-corrected chi connectivity index (χ3v) is 5.49. The van der Waals surface area contributed by atoms with Crippen LogP contribution in [0.2, 0.25) is 0 Å². The third-order valence-electron chi connectivity index (χ3n) is 5.49. The van der Waals surface area contributed by atoms with Gasteiger partial charge in [0.1, 0.15) is 5.60 Å². The van der Waals surface area contributed by atoms with Gasteiger partial charge in [-0.1, -0.05) is 30.3 Å². The van der Waals surface area contributed by atoms with Crippen molar-refractivity contribution >= 4 is 6.09 Å². The Morgan fingerprint density at radius 3 is 2.41 bits per heavy atom. The summed E-state index contributed by atoms with van der Waals surface area (Å²) in [6, 6.07) is 11.0. The second-order valence-electron chi connectivity index (χ2n) is 9.08. The van der Waals surface area contributed by atoms with Gasteiger partial charge in [-0.05, 0) is 51.5 Å². The second kappa shape index (κ2) is 9.07. The van der Waals surface area contributed by atoms with Crippen molar-refractivity contribution < 1.29 is 9.53 Å². The quantitative estimate of drug-likeness (QED) is 0.858. The number of carbonyl (C=O) groups excluding carboxylic acids is 1. The summed E-state index contributed by atoms with van der Waals surface area (Å²) < 4.78 is 5.38. The van der Waals surface area contributed by atoms with Crippen LogP contribution in [-0.2, 0) is 11.3 Å². The van der Waals surface area contributed by atoms with E-state index in [4.69, 9.17) is 4.74 Å². The van der Waals surface area contributed by atoms with Crippen molar-refractivity contribution in [1.29, 1.82) is 0 Å². The van der Waals surface area contributed by atoms with Crippen molar-refractivity contribution in [3.63, 3.8) is 0 Å². The number of amides is 1. The number of rotatable bonds is 5. The van der Waals surface area contributed by atoms with Crippen molar-refractivity contribution in [1.82, 2.24) is 15.1 Å². The molecule has 2 aliphatic rings. The first kappa shape index (κ1) is 20.2. The van der Waals surface area contributed by atoms with Crippen LogP contribution < -0.4 is 5.32 Å². The molecule has 0 radical (unpaired) electrons. The molecule has 1 saturated heterocycles. The van der Waals surface area contributed by atoms with E-state index in [9.17, 15) is 4.79 Å². The molecule has 1 aromatic carbocycles. The molecule has 0 bridgehead atoms. The highest BCUT2D eigenvalue weighted by molar-refractivity contribution is 5.68. The van der Waals surface area contributed by atoms with E-state index in [0.717, 1.165) is 52.1 Å². The molecule has 1 saturated carbocycles. The lowest BCUT2D eigenvalue weighted by molar-refractivity contribution is 0.0503. The van der Waals surface area contributed by atoms with Gasteiger partial charge in [0.25, 0.3) is 0 Å². The van der Waals surface area contributed by atoms with Gasteiger partial charge >= 0.3 is 6.09 Å². The van der Waals surface area contributed by atoms with Crippen LogP contribution in [0.3, 0.4) is 0 Å². The van der Waals surface area contributed by atoms with E-state index in [1.165, 1.54) is 12.0 Å². The number of hydrogen-bond donors (Lipinski definition) is 1. The van der Waals surface area contributed by atoms with Crippen molar-refractivity contribution in [2.45, 2.75) is 58.2 Å². The average molecular weight is 374 g/mol. The fraction of sp³-hybridized carbons (Fsp3) is 0.682. The molecule has 1 N–H and O–H groups in total. The van der Waals surface area contributed by atoms with Crippen molar-refractivity contribution in [2.75, 3.05) is 32.7 Å². The Labute approximate surface area is 164 Å². The van der Waals surface area contributed by atoms with Crippen LogP contribution in [0.4, 0.5) is 4.79 Å². The summed E-state index contributed by atoms with van der Waals surface area (Å²) in [5.41, 5.74) is 0.972. The van der Waals surface area contributed by atoms with E-state index in [1.807, 2.05) is 20.8 Å². The van der Waals surface area contributed by atoms with Crippen LogP contribution in [0, 0.1) is 5.92 Å². The first-order valence-corrected chi connectivity index (χ1v) is 10.4. The number of hydrogen-bond acceptors (Lipinski definition) is 4. The molecule has 5 heteroatoms.